The molecule has 2 aromatic heterocycles. The third kappa shape index (κ3) is 1.69. The van der Waals surface area contributed by atoms with Crippen LogP contribution in [0.4, 0.5) is 5.82 Å². The number of rotatable bonds is 2. The number of nitrogens with one attached hydrogen (secondary N) is 1. The fourth-order valence-corrected chi connectivity index (χ4v) is 3.09. The van der Waals surface area contributed by atoms with Gasteiger partial charge in [0.05, 0.1) is 0 Å². The van der Waals surface area contributed by atoms with Crippen molar-refractivity contribution in [3.8, 4) is 5.69 Å². The lowest BCUT2D eigenvalue weighted by molar-refractivity contribution is 1.06. The van der Waals surface area contributed by atoms with Crippen molar-refractivity contribution in [3.63, 3.8) is 0 Å². The first-order valence-electron chi connectivity index (χ1n) is 5.20. The molecule has 0 amide bonds. The van der Waals surface area contributed by atoms with Crippen molar-refractivity contribution in [1.29, 1.82) is 0 Å². The van der Waals surface area contributed by atoms with Gasteiger partial charge < -0.3 is 5.43 Å². The number of fused-ring (bicyclic) bond motifs is 1. The van der Waals surface area contributed by atoms with E-state index in [9.17, 15) is 0 Å². The van der Waals surface area contributed by atoms with E-state index in [4.69, 9.17) is 18.1 Å². The molecular formula is C11H9N5S2. The molecule has 0 radical (unpaired) electrons. The predicted octanol–water partition coefficient (Wildman–Crippen LogP) is 2.50. The molecule has 0 aliphatic heterocycles. The summed E-state index contributed by atoms with van der Waals surface area (Å²) in [4.78, 5) is 8.36. The monoisotopic (exact) mass is 275 g/mol. The van der Waals surface area contributed by atoms with Gasteiger partial charge in [0.2, 0.25) is 0 Å². The maximum atomic E-state index is 5.44. The van der Waals surface area contributed by atoms with Crippen LogP contribution in [0.2, 0.25) is 0 Å². The number of nitrogens with zero attached hydrogens (tertiary/aromatic N) is 3. The van der Waals surface area contributed by atoms with Crippen LogP contribution in [0.15, 0.2) is 36.7 Å². The highest BCUT2D eigenvalue weighted by molar-refractivity contribution is 7.73. The molecule has 0 saturated heterocycles. The van der Waals surface area contributed by atoms with Gasteiger partial charge in [0, 0.05) is 5.69 Å². The number of anilines is 1. The van der Waals surface area contributed by atoms with Gasteiger partial charge in [-0.25, -0.2) is 15.8 Å². The highest BCUT2D eigenvalue weighted by Crippen LogP contribution is 2.28. The zero-order chi connectivity index (χ0) is 12.5. The van der Waals surface area contributed by atoms with E-state index >= 15 is 0 Å². The third-order valence-electron chi connectivity index (χ3n) is 2.52. The van der Waals surface area contributed by atoms with E-state index in [1.54, 1.807) is 0 Å². The van der Waals surface area contributed by atoms with Gasteiger partial charge in [-0.2, -0.15) is 0 Å². The van der Waals surface area contributed by atoms with E-state index < -0.39 is 0 Å². The fraction of sp³-hybridized carbons (Fsp3) is 0. The van der Waals surface area contributed by atoms with Gasteiger partial charge in [0.1, 0.15) is 11.0 Å². The van der Waals surface area contributed by atoms with Crippen LogP contribution in [-0.2, 0) is 0 Å². The quantitative estimate of drug-likeness (QED) is 0.427. The molecule has 0 saturated carbocycles. The lowest BCUT2D eigenvalue weighted by atomic mass is 10.3. The highest BCUT2D eigenvalue weighted by Gasteiger charge is 2.11. The third-order valence-corrected chi connectivity index (χ3v) is 3.89. The summed E-state index contributed by atoms with van der Waals surface area (Å²) in [6.07, 6.45) is 1.47. The lowest BCUT2D eigenvalue weighted by Gasteiger charge is -2.04. The van der Waals surface area contributed by atoms with E-state index in [-0.39, 0.29) is 0 Å². The second kappa shape index (κ2) is 4.45. The van der Waals surface area contributed by atoms with Gasteiger partial charge >= 0.3 is 0 Å². The largest absolute Gasteiger partial charge is 0.307 e. The number of nitrogens with two attached hydrogens (primary N) is 1. The molecule has 0 aliphatic rings. The van der Waals surface area contributed by atoms with Crippen LogP contribution in [0.3, 0.4) is 0 Å². The van der Waals surface area contributed by atoms with Crippen LogP contribution in [-0.4, -0.2) is 14.5 Å². The number of thiazole rings is 1. The average Bonchev–Trinajstić information content (AvgIpc) is 2.75. The molecule has 1 aromatic carbocycles. The van der Waals surface area contributed by atoms with Crippen molar-refractivity contribution in [2.75, 3.05) is 5.43 Å². The topological polar surface area (TPSA) is 68.8 Å². The Morgan fingerprint density at radius 3 is 2.72 bits per heavy atom. The summed E-state index contributed by atoms with van der Waals surface area (Å²) < 4.78 is 3.49. The summed E-state index contributed by atoms with van der Waals surface area (Å²) >= 11 is 6.82. The minimum absolute atomic E-state index is 0.589. The van der Waals surface area contributed by atoms with Crippen molar-refractivity contribution in [3.05, 3.63) is 40.6 Å². The van der Waals surface area contributed by atoms with Crippen LogP contribution in [0, 0.1) is 3.95 Å². The molecule has 0 spiro atoms. The second-order valence-corrected chi connectivity index (χ2v) is 5.20. The SMILES string of the molecule is NNc1ncnc2c1sc(=S)n2-c1ccccc1. The molecule has 18 heavy (non-hydrogen) atoms. The first-order chi connectivity index (χ1) is 8.81. The van der Waals surface area contributed by atoms with E-state index in [1.165, 1.54) is 17.7 Å². The van der Waals surface area contributed by atoms with E-state index in [1.807, 2.05) is 34.9 Å². The van der Waals surface area contributed by atoms with E-state index in [0.29, 0.717) is 9.77 Å². The molecule has 2 heterocycles. The van der Waals surface area contributed by atoms with Crippen LogP contribution in [0.25, 0.3) is 16.0 Å². The lowest BCUT2D eigenvalue weighted by Crippen LogP contribution is -2.09. The smallest absolute Gasteiger partial charge is 0.168 e. The molecule has 3 aromatic rings. The number of benzene rings is 1. The van der Waals surface area contributed by atoms with Crippen LogP contribution in [0.1, 0.15) is 0 Å². The zero-order valence-electron chi connectivity index (χ0n) is 9.20. The highest BCUT2D eigenvalue weighted by atomic mass is 32.1. The summed E-state index contributed by atoms with van der Waals surface area (Å²) in [5, 5.41) is 0. The summed E-state index contributed by atoms with van der Waals surface area (Å²) in [5.74, 6) is 6.03. The molecule has 7 heteroatoms. The molecule has 0 unspecified atom stereocenters. The fourth-order valence-electron chi connectivity index (χ4n) is 1.74. The molecule has 0 atom stereocenters. The summed E-state index contributed by atoms with van der Waals surface area (Å²) in [6, 6.07) is 9.86. The van der Waals surface area contributed by atoms with Crippen molar-refractivity contribution >= 4 is 39.7 Å². The predicted molar refractivity (Wildman–Crippen MR) is 75.4 cm³/mol. The number of aromatic nitrogens is 3. The molecular weight excluding hydrogens is 266 g/mol. The van der Waals surface area contributed by atoms with Crippen molar-refractivity contribution in [1.82, 2.24) is 14.5 Å². The number of hydrogen-bond acceptors (Lipinski definition) is 6. The number of nitrogen functional groups attached to an aromatic ring is 1. The Morgan fingerprint density at radius 2 is 2.00 bits per heavy atom. The van der Waals surface area contributed by atoms with Crippen molar-refractivity contribution < 1.29 is 0 Å². The average molecular weight is 275 g/mol. The maximum absolute atomic E-state index is 5.44. The minimum atomic E-state index is 0.589. The molecule has 3 N–H and O–H groups in total. The van der Waals surface area contributed by atoms with Crippen LogP contribution in [0.5, 0.6) is 0 Å². The van der Waals surface area contributed by atoms with Gasteiger partial charge in [-0.05, 0) is 24.4 Å². The summed E-state index contributed by atoms with van der Waals surface area (Å²) in [7, 11) is 0. The summed E-state index contributed by atoms with van der Waals surface area (Å²) in [5.41, 5.74) is 4.31. The molecule has 90 valence electrons. The molecule has 0 bridgehead atoms. The minimum Gasteiger partial charge on any atom is -0.307 e. The first kappa shape index (κ1) is 11.3. The van der Waals surface area contributed by atoms with E-state index in [0.717, 1.165) is 16.0 Å². The van der Waals surface area contributed by atoms with Crippen molar-refractivity contribution in [2.45, 2.75) is 0 Å². The Bertz CT molecular complexity index is 747. The Balaban J connectivity index is 2.37. The molecule has 0 fully saturated rings. The van der Waals surface area contributed by atoms with Crippen LogP contribution >= 0.6 is 23.6 Å². The van der Waals surface area contributed by atoms with E-state index in [2.05, 4.69) is 15.4 Å². The first-order valence-corrected chi connectivity index (χ1v) is 6.42. The molecule has 0 aliphatic carbocycles. The van der Waals surface area contributed by atoms with Gasteiger partial charge in [-0.1, -0.05) is 29.5 Å². The second-order valence-electron chi connectivity index (χ2n) is 3.56. The number of para-hydroxylation sites is 1. The molecule has 5 nitrogen and oxygen atoms in total. The van der Waals surface area contributed by atoms with Gasteiger partial charge in [-0.3, -0.25) is 4.57 Å². The zero-order valence-corrected chi connectivity index (χ0v) is 10.8. The molecule has 3 rings (SSSR count). The Kier molecular flexibility index (Phi) is 2.78. The van der Waals surface area contributed by atoms with Gasteiger partial charge in [0.15, 0.2) is 15.4 Å². The Labute approximate surface area is 112 Å². The number of hydrogen-bond donors (Lipinski definition) is 2. The van der Waals surface area contributed by atoms with Gasteiger partial charge in [-0.15, -0.1) is 0 Å². The standard InChI is InChI=1S/C11H9N5S2/c12-15-9-8-10(14-6-13-9)16(11(17)18-8)7-4-2-1-3-5-7/h1-6H,12H2,(H,13,14,15). The Morgan fingerprint density at radius 1 is 1.22 bits per heavy atom. The normalized spacial score (nSPS) is 10.7. The number of hydrazine groups is 1. The summed E-state index contributed by atoms with van der Waals surface area (Å²) in [6.45, 7) is 0. The van der Waals surface area contributed by atoms with Crippen LogP contribution < -0.4 is 11.3 Å². The Hall–Kier alpha value is -1.83. The van der Waals surface area contributed by atoms with Gasteiger partial charge in [0.25, 0.3) is 0 Å². The maximum Gasteiger partial charge on any atom is 0.168 e. The van der Waals surface area contributed by atoms with Crippen molar-refractivity contribution in [2.24, 2.45) is 5.84 Å².